The zero-order valence-electron chi connectivity index (χ0n) is 5.95. The Bertz CT molecular complexity index is 295. The van der Waals surface area contributed by atoms with Crippen molar-refractivity contribution in [1.29, 1.82) is 0 Å². The first-order valence-corrected chi connectivity index (χ1v) is 3.23. The number of phenolic OH excluding ortho intramolecular Hbond substituents is 1. The van der Waals surface area contributed by atoms with Gasteiger partial charge in [0.1, 0.15) is 5.75 Å². The average molecular weight is 188 g/mol. The molecule has 0 heterocycles. The summed E-state index contributed by atoms with van der Waals surface area (Å²) in [6.07, 6.45) is 0.250. The summed E-state index contributed by atoms with van der Waals surface area (Å²) in [6, 6.07) is 4.44. The Hall–Kier alpha value is -1.51. The molecule has 0 radical (unpaired) electrons. The van der Waals surface area contributed by atoms with E-state index >= 15 is 0 Å². The second kappa shape index (κ2) is 5.18. The topological polar surface area (TPSA) is 80.4 Å². The third-order valence-electron chi connectivity index (χ3n) is 0.980. The minimum Gasteiger partial charge on any atom is -0.508 e. The molecule has 1 aromatic rings. The number of carbonyl (C=O) groups excluding carboxylic acids is 2. The monoisotopic (exact) mass is 187 g/mol. The average Bonchev–Trinajstić information content (AvgIpc) is 1.99. The molecule has 0 aliphatic rings. The van der Waals surface area contributed by atoms with E-state index in [4.69, 9.17) is 32.0 Å². The molecule has 0 unspecified atom stereocenters. The lowest BCUT2D eigenvalue weighted by Gasteiger charge is -1.95. The van der Waals surface area contributed by atoms with E-state index in [2.05, 4.69) is 0 Å². The SMILES string of the molecule is Nc1cc(O)ccc1Cl.O=C=O. The molecule has 5 heteroatoms. The molecule has 64 valence electrons. The zero-order valence-corrected chi connectivity index (χ0v) is 6.71. The number of phenols is 1. The molecule has 1 aromatic carbocycles. The van der Waals surface area contributed by atoms with Crippen LogP contribution in [0, 0.1) is 0 Å². The molecule has 0 bridgehead atoms. The molecule has 0 fully saturated rings. The fourth-order valence-electron chi connectivity index (χ4n) is 0.531. The van der Waals surface area contributed by atoms with Crippen LogP contribution in [0.2, 0.25) is 5.02 Å². The van der Waals surface area contributed by atoms with E-state index in [0.29, 0.717) is 10.7 Å². The molecule has 12 heavy (non-hydrogen) atoms. The van der Waals surface area contributed by atoms with Crippen LogP contribution in [-0.4, -0.2) is 11.3 Å². The fourth-order valence-corrected chi connectivity index (χ4v) is 0.649. The molecule has 3 N–H and O–H groups in total. The highest BCUT2D eigenvalue weighted by molar-refractivity contribution is 6.33. The number of benzene rings is 1. The van der Waals surface area contributed by atoms with Gasteiger partial charge in [0.05, 0.1) is 10.7 Å². The van der Waals surface area contributed by atoms with Crippen LogP contribution in [0.4, 0.5) is 5.69 Å². The number of anilines is 1. The summed E-state index contributed by atoms with van der Waals surface area (Å²) >= 11 is 5.54. The van der Waals surface area contributed by atoms with Crippen molar-refractivity contribution in [2.45, 2.75) is 0 Å². The normalized spacial score (nSPS) is 7.75. The Morgan fingerprint density at radius 1 is 1.42 bits per heavy atom. The molecule has 0 saturated carbocycles. The largest absolute Gasteiger partial charge is 0.508 e. The highest BCUT2D eigenvalue weighted by Crippen LogP contribution is 2.22. The molecule has 4 nitrogen and oxygen atoms in total. The summed E-state index contributed by atoms with van der Waals surface area (Å²) < 4.78 is 0. The second-order valence-corrected chi connectivity index (χ2v) is 2.20. The molecule has 0 aliphatic heterocycles. The molecule has 0 spiro atoms. The molecule has 0 atom stereocenters. The van der Waals surface area contributed by atoms with E-state index < -0.39 is 0 Å². The third-order valence-corrected chi connectivity index (χ3v) is 1.32. The second-order valence-electron chi connectivity index (χ2n) is 1.79. The van der Waals surface area contributed by atoms with E-state index in [0.717, 1.165) is 0 Å². The third kappa shape index (κ3) is 3.61. The number of nitrogen functional groups attached to an aromatic ring is 1. The Morgan fingerprint density at radius 2 is 1.92 bits per heavy atom. The van der Waals surface area contributed by atoms with E-state index in [1.54, 1.807) is 6.07 Å². The molecular weight excluding hydrogens is 182 g/mol. The van der Waals surface area contributed by atoms with Gasteiger partial charge in [-0.05, 0) is 12.1 Å². The zero-order chi connectivity index (χ0) is 9.56. The maximum Gasteiger partial charge on any atom is 0.373 e. The number of rotatable bonds is 0. The number of nitrogens with two attached hydrogens (primary N) is 1. The van der Waals surface area contributed by atoms with Crippen molar-refractivity contribution in [3.63, 3.8) is 0 Å². The lowest BCUT2D eigenvalue weighted by atomic mass is 10.3. The summed E-state index contributed by atoms with van der Waals surface area (Å²) in [7, 11) is 0. The number of aromatic hydroxyl groups is 1. The van der Waals surface area contributed by atoms with Crippen LogP contribution in [-0.2, 0) is 9.59 Å². The summed E-state index contributed by atoms with van der Waals surface area (Å²) in [5, 5.41) is 9.26. The van der Waals surface area contributed by atoms with Gasteiger partial charge in [-0.15, -0.1) is 0 Å². The van der Waals surface area contributed by atoms with Crippen LogP contribution >= 0.6 is 11.6 Å². The number of hydrogen-bond acceptors (Lipinski definition) is 4. The van der Waals surface area contributed by atoms with Crippen LogP contribution in [0.3, 0.4) is 0 Å². The minimum absolute atomic E-state index is 0.136. The van der Waals surface area contributed by atoms with Gasteiger partial charge in [-0.1, -0.05) is 11.6 Å². The highest BCUT2D eigenvalue weighted by atomic mass is 35.5. The van der Waals surface area contributed by atoms with Gasteiger partial charge in [0.25, 0.3) is 0 Å². The predicted molar refractivity (Wildman–Crippen MR) is 42.5 cm³/mol. The van der Waals surface area contributed by atoms with Crippen molar-refractivity contribution in [1.82, 2.24) is 0 Å². The number of hydrogen-bond donors (Lipinski definition) is 2. The summed E-state index contributed by atoms with van der Waals surface area (Å²) in [6.45, 7) is 0. The van der Waals surface area contributed by atoms with Crippen molar-refractivity contribution in [2.75, 3.05) is 5.73 Å². The summed E-state index contributed by atoms with van der Waals surface area (Å²) in [5.74, 6) is 0.136. The van der Waals surface area contributed by atoms with Crippen molar-refractivity contribution in [3.8, 4) is 5.75 Å². The molecule has 0 amide bonds. The Kier molecular flexibility index (Phi) is 4.53. The van der Waals surface area contributed by atoms with Gasteiger partial charge in [0.2, 0.25) is 0 Å². The van der Waals surface area contributed by atoms with Crippen LogP contribution < -0.4 is 5.73 Å². The Morgan fingerprint density at radius 3 is 2.25 bits per heavy atom. The smallest absolute Gasteiger partial charge is 0.373 e. The van der Waals surface area contributed by atoms with E-state index in [-0.39, 0.29) is 11.9 Å². The van der Waals surface area contributed by atoms with Crippen molar-refractivity contribution in [3.05, 3.63) is 23.2 Å². The molecule has 0 saturated heterocycles. The maximum atomic E-state index is 8.80. The predicted octanol–water partition coefficient (Wildman–Crippen LogP) is 1.04. The first kappa shape index (κ1) is 10.5. The molecule has 1 rings (SSSR count). The molecule has 0 aliphatic carbocycles. The van der Waals surface area contributed by atoms with E-state index in [9.17, 15) is 0 Å². The van der Waals surface area contributed by atoms with E-state index in [1.807, 2.05) is 0 Å². The number of halogens is 1. The minimum atomic E-state index is 0.136. The Labute approximate surface area is 73.6 Å². The van der Waals surface area contributed by atoms with Gasteiger partial charge in [0, 0.05) is 6.07 Å². The quantitative estimate of drug-likeness (QED) is 0.595. The maximum absolute atomic E-state index is 8.80. The first-order chi connectivity index (χ1) is 5.61. The van der Waals surface area contributed by atoms with Gasteiger partial charge < -0.3 is 10.8 Å². The van der Waals surface area contributed by atoms with Crippen molar-refractivity contribution in [2.24, 2.45) is 0 Å². The first-order valence-electron chi connectivity index (χ1n) is 2.85. The van der Waals surface area contributed by atoms with Crippen molar-refractivity contribution < 1.29 is 14.7 Å². The van der Waals surface area contributed by atoms with Gasteiger partial charge in [-0.3, -0.25) is 0 Å². The van der Waals surface area contributed by atoms with Crippen LogP contribution in [0.1, 0.15) is 0 Å². The van der Waals surface area contributed by atoms with E-state index in [1.165, 1.54) is 12.1 Å². The lowest BCUT2D eigenvalue weighted by molar-refractivity contribution is -0.191. The van der Waals surface area contributed by atoms with Gasteiger partial charge >= 0.3 is 6.15 Å². The summed E-state index contributed by atoms with van der Waals surface area (Å²) in [5.41, 5.74) is 5.73. The summed E-state index contributed by atoms with van der Waals surface area (Å²) in [4.78, 5) is 16.2. The van der Waals surface area contributed by atoms with Gasteiger partial charge in [0.15, 0.2) is 0 Å². The highest BCUT2D eigenvalue weighted by Gasteiger charge is 1.93. The lowest BCUT2D eigenvalue weighted by Crippen LogP contribution is -1.83. The Balaban J connectivity index is 0.000000354. The standard InChI is InChI=1S/C6H6ClNO.CO2/c7-5-2-1-4(9)3-6(5)8;2-1-3/h1-3,9H,8H2;. The molecule has 0 aromatic heterocycles. The molecular formula is C7H6ClNO3. The van der Waals surface area contributed by atoms with Crippen LogP contribution in [0.25, 0.3) is 0 Å². The van der Waals surface area contributed by atoms with Gasteiger partial charge in [-0.25, -0.2) is 0 Å². The van der Waals surface area contributed by atoms with Crippen LogP contribution in [0.5, 0.6) is 5.75 Å². The van der Waals surface area contributed by atoms with Crippen molar-refractivity contribution >= 4 is 23.4 Å². The fraction of sp³-hybridized carbons (Fsp3) is 0. The van der Waals surface area contributed by atoms with Crippen LogP contribution in [0.15, 0.2) is 18.2 Å². The van der Waals surface area contributed by atoms with Gasteiger partial charge in [-0.2, -0.15) is 9.59 Å².